The van der Waals surface area contributed by atoms with E-state index in [-0.39, 0.29) is 35.4 Å². The molecule has 3 heterocycles. The molecule has 1 N–H and O–H groups in total. The van der Waals surface area contributed by atoms with Gasteiger partial charge in [0.05, 0.1) is 17.9 Å². The lowest BCUT2D eigenvalue weighted by molar-refractivity contribution is -0.138. The highest BCUT2D eigenvalue weighted by Gasteiger charge is 2.36. The summed E-state index contributed by atoms with van der Waals surface area (Å²) in [6.45, 7) is 8.54. The minimum absolute atomic E-state index is 0.00357. The molecule has 0 saturated carbocycles. The highest BCUT2D eigenvalue weighted by molar-refractivity contribution is 5.71. The molecule has 0 aliphatic heterocycles. The fraction of sp³-hybridized carbons (Fsp3) is 0.526. The Bertz CT molecular complexity index is 1050. The van der Waals surface area contributed by atoms with Gasteiger partial charge in [0.15, 0.2) is 5.65 Å². The number of fused-ring (bicyclic) bond motifs is 1. The van der Waals surface area contributed by atoms with E-state index in [1.807, 2.05) is 6.92 Å². The zero-order valence-electron chi connectivity index (χ0n) is 17.7. The Labute approximate surface area is 176 Å². The molecule has 3 rings (SSSR count). The van der Waals surface area contributed by atoms with Crippen LogP contribution >= 0.6 is 0 Å². The topological polar surface area (TPSA) is 78.5 Å². The normalized spacial score (nSPS) is 14.3. The molecule has 0 radical (unpaired) electrons. The van der Waals surface area contributed by atoms with Gasteiger partial charge in [0, 0.05) is 24.4 Å². The molecule has 170 valence electrons. The molecule has 0 saturated heterocycles. The zero-order valence-corrected chi connectivity index (χ0v) is 17.7. The monoisotopic (exact) mass is 444 g/mol. The van der Waals surface area contributed by atoms with Crippen LogP contribution in [0.25, 0.3) is 16.8 Å². The first kappa shape index (κ1) is 22.8. The third-order valence-electron chi connectivity index (χ3n) is 4.39. The van der Waals surface area contributed by atoms with E-state index in [0.29, 0.717) is 12.2 Å². The molecular weight excluding hydrogens is 420 g/mol. The van der Waals surface area contributed by atoms with Crippen molar-refractivity contribution in [3.8, 4) is 17.0 Å². The van der Waals surface area contributed by atoms with Gasteiger partial charge in [-0.1, -0.05) is 0 Å². The average molecular weight is 444 g/mol. The van der Waals surface area contributed by atoms with Crippen LogP contribution in [0.2, 0.25) is 0 Å². The third-order valence-corrected chi connectivity index (χ3v) is 4.39. The molecule has 0 aliphatic rings. The number of pyridine rings is 1. The van der Waals surface area contributed by atoms with Crippen LogP contribution in [-0.4, -0.2) is 49.3 Å². The molecule has 8 nitrogen and oxygen atoms in total. The van der Waals surface area contributed by atoms with Crippen LogP contribution in [0.3, 0.4) is 0 Å². The summed E-state index contributed by atoms with van der Waals surface area (Å²) in [7, 11) is 0. The first-order valence-corrected chi connectivity index (χ1v) is 9.76. The summed E-state index contributed by atoms with van der Waals surface area (Å²) < 4.78 is 67.7. The van der Waals surface area contributed by atoms with Gasteiger partial charge in [-0.05, 0) is 34.6 Å². The molecule has 0 aliphatic carbocycles. The van der Waals surface area contributed by atoms with Crippen molar-refractivity contribution in [3.05, 3.63) is 24.3 Å². The Morgan fingerprint density at radius 3 is 2.52 bits per heavy atom. The lowest BCUT2D eigenvalue weighted by atomic mass is 10.1. The Morgan fingerprint density at radius 2 is 1.90 bits per heavy atom. The molecule has 2 atom stereocenters. The molecule has 0 bridgehead atoms. The fourth-order valence-electron chi connectivity index (χ4n) is 2.87. The SMILES string of the molecule is CCOC(C)n1cc(-c2c(F)cc3nc(N[C@@H](C)C(F)(F)F)nn3c2OC(C)C)cn1. The Balaban J connectivity index is 2.10. The summed E-state index contributed by atoms with van der Waals surface area (Å²) in [6.07, 6.45) is -2.17. The van der Waals surface area contributed by atoms with Gasteiger partial charge >= 0.3 is 6.18 Å². The van der Waals surface area contributed by atoms with Gasteiger partial charge < -0.3 is 14.8 Å². The number of nitrogens with zero attached hydrogens (tertiary/aromatic N) is 5. The summed E-state index contributed by atoms with van der Waals surface area (Å²) in [4.78, 5) is 3.97. The van der Waals surface area contributed by atoms with Crippen molar-refractivity contribution in [3.63, 3.8) is 0 Å². The van der Waals surface area contributed by atoms with Gasteiger partial charge in [-0.3, -0.25) is 0 Å². The van der Waals surface area contributed by atoms with Crippen LogP contribution in [0.4, 0.5) is 23.5 Å². The predicted molar refractivity (Wildman–Crippen MR) is 105 cm³/mol. The lowest BCUT2D eigenvalue weighted by Gasteiger charge is -2.16. The summed E-state index contributed by atoms with van der Waals surface area (Å²) >= 11 is 0. The van der Waals surface area contributed by atoms with Gasteiger partial charge in [-0.25, -0.2) is 9.07 Å². The Hall–Kier alpha value is -2.89. The number of nitrogens with one attached hydrogen (secondary N) is 1. The van der Waals surface area contributed by atoms with Crippen molar-refractivity contribution in [1.82, 2.24) is 24.4 Å². The fourth-order valence-corrected chi connectivity index (χ4v) is 2.87. The van der Waals surface area contributed by atoms with Gasteiger partial charge in [-0.15, -0.1) is 5.10 Å². The van der Waals surface area contributed by atoms with E-state index in [2.05, 4.69) is 20.5 Å². The van der Waals surface area contributed by atoms with Crippen molar-refractivity contribution in [1.29, 1.82) is 0 Å². The minimum atomic E-state index is -4.49. The average Bonchev–Trinajstić information content (AvgIpc) is 3.27. The summed E-state index contributed by atoms with van der Waals surface area (Å²) in [5.74, 6) is -0.959. The molecule has 3 aromatic rings. The van der Waals surface area contributed by atoms with Gasteiger partial charge in [0.2, 0.25) is 11.8 Å². The number of hydrogen-bond acceptors (Lipinski definition) is 6. The molecule has 0 aromatic carbocycles. The maximum atomic E-state index is 15.1. The van der Waals surface area contributed by atoms with Crippen molar-refractivity contribution >= 4 is 11.6 Å². The second kappa shape index (κ2) is 8.69. The second-order valence-corrected chi connectivity index (χ2v) is 7.22. The van der Waals surface area contributed by atoms with Crippen molar-refractivity contribution < 1.29 is 27.0 Å². The highest BCUT2D eigenvalue weighted by atomic mass is 19.4. The van der Waals surface area contributed by atoms with Crippen LogP contribution in [0.1, 0.15) is 40.8 Å². The number of rotatable bonds is 8. The number of ether oxygens (including phenoxy) is 2. The molecule has 1 unspecified atom stereocenters. The van der Waals surface area contributed by atoms with Gasteiger partial charge in [0.1, 0.15) is 18.1 Å². The van der Waals surface area contributed by atoms with Crippen LogP contribution in [0.15, 0.2) is 18.5 Å². The van der Waals surface area contributed by atoms with Crippen molar-refractivity contribution in [2.45, 2.75) is 59.2 Å². The van der Waals surface area contributed by atoms with Crippen molar-refractivity contribution in [2.75, 3.05) is 11.9 Å². The van der Waals surface area contributed by atoms with Crippen LogP contribution < -0.4 is 10.1 Å². The van der Waals surface area contributed by atoms with E-state index in [4.69, 9.17) is 9.47 Å². The smallest absolute Gasteiger partial charge is 0.408 e. The van der Waals surface area contributed by atoms with E-state index in [1.54, 1.807) is 27.0 Å². The van der Waals surface area contributed by atoms with E-state index < -0.39 is 18.0 Å². The highest BCUT2D eigenvalue weighted by Crippen LogP contribution is 2.35. The number of alkyl halides is 3. The van der Waals surface area contributed by atoms with E-state index in [1.165, 1.54) is 15.4 Å². The predicted octanol–water partition coefficient (Wildman–Crippen LogP) is 4.44. The largest absolute Gasteiger partial charge is 0.474 e. The number of hydrogen-bond donors (Lipinski definition) is 1. The maximum absolute atomic E-state index is 15.1. The van der Waals surface area contributed by atoms with Gasteiger partial charge in [-0.2, -0.15) is 27.8 Å². The molecule has 31 heavy (non-hydrogen) atoms. The number of aromatic nitrogens is 5. The van der Waals surface area contributed by atoms with Crippen LogP contribution in [0, 0.1) is 5.82 Å². The first-order valence-electron chi connectivity index (χ1n) is 9.76. The lowest BCUT2D eigenvalue weighted by Crippen LogP contribution is -2.33. The van der Waals surface area contributed by atoms with E-state index in [9.17, 15) is 13.2 Å². The standard InChI is InChI=1S/C19H24F4N6O2/c1-6-30-12(5)28-9-13(8-24-28)16-14(20)7-15-26-18(25-11(4)19(21,22)23)27-29(15)17(16)31-10(2)3/h7-12H,6H2,1-5H3,(H,25,27)/t11-,12?/m0/s1. The molecule has 3 aromatic heterocycles. The third kappa shape index (κ3) is 4.89. The summed E-state index contributed by atoms with van der Waals surface area (Å²) in [5, 5.41) is 10.5. The first-order chi connectivity index (χ1) is 14.5. The van der Waals surface area contributed by atoms with Gasteiger partial charge in [0.25, 0.3) is 0 Å². The zero-order chi connectivity index (χ0) is 22.9. The minimum Gasteiger partial charge on any atom is -0.474 e. The molecule has 0 fully saturated rings. The number of anilines is 1. The molecule has 12 heteroatoms. The molecular formula is C19H24F4N6O2. The molecule has 0 amide bonds. The second-order valence-electron chi connectivity index (χ2n) is 7.22. The molecule has 0 spiro atoms. The quantitative estimate of drug-likeness (QED) is 0.518. The van der Waals surface area contributed by atoms with Crippen LogP contribution in [0.5, 0.6) is 5.88 Å². The van der Waals surface area contributed by atoms with Crippen LogP contribution in [-0.2, 0) is 4.74 Å². The van der Waals surface area contributed by atoms with Crippen molar-refractivity contribution in [2.24, 2.45) is 0 Å². The Kier molecular flexibility index (Phi) is 6.39. The number of halogens is 4. The Morgan fingerprint density at radius 1 is 1.19 bits per heavy atom. The van der Waals surface area contributed by atoms with E-state index >= 15 is 4.39 Å². The summed E-state index contributed by atoms with van der Waals surface area (Å²) in [6, 6.07) is -0.801. The summed E-state index contributed by atoms with van der Waals surface area (Å²) in [5.41, 5.74) is 0.468. The van der Waals surface area contributed by atoms with E-state index in [0.717, 1.165) is 13.0 Å². The maximum Gasteiger partial charge on any atom is 0.408 e.